The summed E-state index contributed by atoms with van der Waals surface area (Å²) >= 11 is 0. The molecule has 0 amide bonds. The fraction of sp³-hybridized carbons (Fsp3) is 0.286. The minimum Gasteiger partial charge on any atom is -0.508 e. The van der Waals surface area contributed by atoms with Gasteiger partial charge in [-0.3, -0.25) is 15.7 Å². The Hall–Kier alpha value is -4.04. The first kappa shape index (κ1) is 25.1. The van der Waals surface area contributed by atoms with Crippen LogP contribution < -0.4 is 9.80 Å². The van der Waals surface area contributed by atoms with E-state index in [9.17, 15) is 15.3 Å². The molecule has 36 heavy (non-hydrogen) atoms. The van der Waals surface area contributed by atoms with Crippen LogP contribution >= 0.6 is 0 Å². The quantitative estimate of drug-likeness (QED) is 0.266. The summed E-state index contributed by atoms with van der Waals surface area (Å²) in [7, 11) is 2.11. The monoisotopic (exact) mass is 487 g/mol. The van der Waals surface area contributed by atoms with Crippen LogP contribution in [0.3, 0.4) is 0 Å². The van der Waals surface area contributed by atoms with Crippen molar-refractivity contribution in [3.63, 3.8) is 0 Å². The standard InChI is InChI=1S/C28H33N5O3/c1-18(2)22-16-23(26(36)17-25(22)35)28(30)33(27(29)21-6-4-5-7-24(21)34)20-10-8-19(9-11-20)32-14-12-31(3)13-15-32/h4-11,16-18,29-30,34-36H,12-15H2,1-3H3. The molecular formula is C28H33N5O3. The van der Waals surface area contributed by atoms with Gasteiger partial charge in [-0.25, -0.2) is 0 Å². The summed E-state index contributed by atoms with van der Waals surface area (Å²) < 4.78 is 0. The molecule has 0 bridgehead atoms. The minimum absolute atomic E-state index is 0.0360. The van der Waals surface area contributed by atoms with E-state index in [4.69, 9.17) is 10.8 Å². The van der Waals surface area contributed by atoms with E-state index in [1.807, 2.05) is 38.1 Å². The van der Waals surface area contributed by atoms with Crippen molar-refractivity contribution < 1.29 is 15.3 Å². The number of aromatic hydroxyl groups is 3. The molecule has 1 heterocycles. The summed E-state index contributed by atoms with van der Waals surface area (Å²) in [5.74, 6) is -0.666. The maximum absolute atomic E-state index is 10.6. The average molecular weight is 488 g/mol. The molecule has 0 saturated carbocycles. The molecule has 0 aromatic heterocycles. The van der Waals surface area contributed by atoms with Crippen molar-refractivity contribution in [3.05, 3.63) is 77.4 Å². The Bertz CT molecular complexity index is 1260. The van der Waals surface area contributed by atoms with Gasteiger partial charge in [-0.2, -0.15) is 0 Å². The van der Waals surface area contributed by atoms with E-state index in [2.05, 4.69) is 16.8 Å². The summed E-state index contributed by atoms with van der Waals surface area (Å²) in [6, 6.07) is 17.0. The van der Waals surface area contributed by atoms with Crippen molar-refractivity contribution in [3.8, 4) is 17.2 Å². The molecule has 8 heteroatoms. The highest BCUT2D eigenvalue weighted by Gasteiger charge is 2.26. The molecule has 1 saturated heterocycles. The molecule has 3 aromatic carbocycles. The number of nitrogens with zero attached hydrogens (tertiary/aromatic N) is 3. The zero-order chi connectivity index (χ0) is 26.0. The Labute approximate surface area is 211 Å². The van der Waals surface area contributed by atoms with Gasteiger partial charge in [-0.1, -0.05) is 26.0 Å². The molecule has 5 N–H and O–H groups in total. The molecule has 1 fully saturated rings. The predicted molar refractivity (Wildman–Crippen MR) is 144 cm³/mol. The van der Waals surface area contributed by atoms with Crippen molar-refractivity contribution in [1.29, 1.82) is 10.8 Å². The Morgan fingerprint density at radius 2 is 1.39 bits per heavy atom. The Morgan fingerprint density at radius 1 is 0.778 bits per heavy atom. The van der Waals surface area contributed by atoms with Crippen LogP contribution in [-0.2, 0) is 0 Å². The van der Waals surface area contributed by atoms with Crippen molar-refractivity contribution in [2.45, 2.75) is 19.8 Å². The first-order valence-electron chi connectivity index (χ1n) is 12.0. The number of hydrogen-bond acceptors (Lipinski definition) is 7. The van der Waals surface area contributed by atoms with Gasteiger partial charge in [0.05, 0.1) is 11.1 Å². The number of amidine groups is 2. The number of hydrogen-bond donors (Lipinski definition) is 5. The lowest BCUT2D eigenvalue weighted by Gasteiger charge is -2.34. The van der Waals surface area contributed by atoms with E-state index in [0.717, 1.165) is 31.9 Å². The van der Waals surface area contributed by atoms with Gasteiger partial charge >= 0.3 is 0 Å². The van der Waals surface area contributed by atoms with Crippen molar-refractivity contribution >= 4 is 23.0 Å². The molecule has 0 aliphatic carbocycles. The predicted octanol–water partition coefficient (Wildman–Crippen LogP) is 4.54. The van der Waals surface area contributed by atoms with E-state index in [1.165, 1.54) is 17.0 Å². The molecule has 0 radical (unpaired) electrons. The number of piperazine rings is 1. The zero-order valence-corrected chi connectivity index (χ0v) is 20.9. The number of anilines is 2. The Kier molecular flexibility index (Phi) is 7.17. The molecule has 4 rings (SSSR count). The van der Waals surface area contributed by atoms with Crippen LogP contribution in [0.4, 0.5) is 11.4 Å². The zero-order valence-electron chi connectivity index (χ0n) is 20.9. The molecular weight excluding hydrogens is 454 g/mol. The van der Waals surface area contributed by atoms with Gasteiger partial charge in [0.2, 0.25) is 0 Å². The summed E-state index contributed by atoms with van der Waals surface area (Å²) in [6.45, 7) is 7.63. The molecule has 1 aliphatic heterocycles. The van der Waals surface area contributed by atoms with Gasteiger partial charge in [0.15, 0.2) is 0 Å². The number of phenolic OH excluding ortho intramolecular Hbond substituents is 3. The number of benzene rings is 3. The Balaban J connectivity index is 1.76. The van der Waals surface area contributed by atoms with Gasteiger partial charge in [0.25, 0.3) is 0 Å². The molecule has 0 unspecified atom stereocenters. The fourth-order valence-corrected chi connectivity index (χ4v) is 4.41. The second-order valence-corrected chi connectivity index (χ2v) is 9.44. The third kappa shape index (κ3) is 4.99. The maximum atomic E-state index is 10.6. The van der Waals surface area contributed by atoms with Crippen LogP contribution in [0.5, 0.6) is 17.2 Å². The topological polar surface area (TPSA) is 118 Å². The van der Waals surface area contributed by atoms with E-state index < -0.39 is 0 Å². The highest BCUT2D eigenvalue weighted by molar-refractivity contribution is 6.28. The number of para-hydroxylation sites is 1. The summed E-state index contributed by atoms with van der Waals surface area (Å²) in [5.41, 5.74) is 2.63. The van der Waals surface area contributed by atoms with Crippen molar-refractivity contribution in [1.82, 2.24) is 4.90 Å². The van der Waals surface area contributed by atoms with Gasteiger partial charge in [-0.15, -0.1) is 0 Å². The van der Waals surface area contributed by atoms with Crippen molar-refractivity contribution in [2.24, 2.45) is 0 Å². The third-order valence-electron chi connectivity index (χ3n) is 6.60. The third-order valence-corrected chi connectivity index (χ3v) is 6.60. The molecule has 1 aliphatic rings. The second kappa shape index (κ2) is 10.3. The molecule has 0 spiro atoms. The van der Waals surface area contributed by atoms with Crippen LogP contribution in [0.15, 0.2) is 60.7 Å². The normalized spacial score (nSPS) is 14.2. The van der Waals surface area contributed by atoms with Crippen molar-refractivity contribution in [2.75, 3.05) is 43.0 Å². The van der Waals surface area contributed by atoms with E-state index in [1.54, 1.807) is 24.3 Å². The van der Waals surface area contributed by atoms with Crippen LogP contribution in [0.2, 0.25) is 0 Å². The van der Waals surface area contributed by atoms with Gasteiger partial charge in [-0.05, 0) is 61.0 Å². The smallest absolute Gasteiger partial charge is 0.142 e. The van der Waals surface area contributed by atoms with Crippen LogP contribution in [-0.4, -0.2) is 65.1 Å². The molecule has 8 nitrogen and oxygen atoms in total. The van der Waals surface area contributed by atoms with E-state index in [0.29, 0.717) is 11.3 Å². The van der Waals surface area contributed by atoms with E-state index >= 15 is 0 Å². The number of likely N-dealkylation sites (N-methyl/N-ethyl adjacent to an activating group) is 1. The minimum atomic E-state index is -0.258. The Morgan fingerprint density at radius 3 is 2.00 bits per heavy atom. The molecule has 0 atom stereocenters. The van der Waals surface area contributed by atoms with Crippen LogP contribution in [0.25, 0.3) is 0 Å². The number of rotatable bonds is 5. The summed E-state index contributed by atoms with van der Waals surface area (Å²) in [5, 5.41) is 49.4. The first-order valence-corrected chi connectivity index (χ1v) is 12.0. The first-order chi connectivity index (χ1) is 17.2. The van der Waals surface area contributed by atoms with E-state index in [-0.39, 0.29) is 46.0 Å². The second-order valence-electron chi connectivity index (χ2n) is 9.44. The lowest BCUT2D eigenvalue weighted by atomic mass is 9.97. The highest BCUT2D eigenvalue weighted by atomic mass is 16.3. The number of phenols is 3. The average Bonchev–Trinajstić information content (AvgIpc) is 2.85. The summed E-state index contributed by atoms with van der Waals surface area (Å²) in [6.07, 6.45) is 0. The lowest BCUT2D eigenvalue weighted by molar-refractivity contribution is 0.313. The van der Waals surface area contributed by atoms with Crippen LogP contribution in [0.1, 0.15) is 36.5 Å². The SMILES string of the molecule is CC(C)c1cc(C(=N)N(C(=N)c2ccccc2O)c2ccc(N3CCN(C)CC3)cc2)c(O)cc1O. The molecule has 3 aromatic rings. The summed E-state index contributed by atoms with van der Waals surface area (Å²) in [4.78, 5) is 5.98. The van der Waals surface area contributed by atoms with Crippen LogP contribution in [0, 0.1) is 10.8 Å². The maximum Gasteiger partial charge on any atom is 0.142 e. The fourth-order valence-electron chi connectivity index (χ4n) is 4.41. The largest absolute Gasteiger partial charge is 0.508 e. The molecule has 188 valence electrons. The van der Waals surface area contributed by atoms with Gasteiger partial charge in [0.1, 0.15) is 28.9 Å². The van der Waals surface area contributed by atoms with Gasteiger partial charge < -0.3 is 25.1 Å². The highest BCUT2D eigenvalue weighted by Crippen LogP contribution is 2.35. The number of nitrogens with one attached hydrogen (secondary N) is 2. The lowest BCUT2D eigenvalue weighted by Crippen LogP contribution is -2.44. The van der Waals surface area contributed by atoms with Gasteiger partial charge in [0, 0.05) is 43.6 Å².